The molecule has 0 radical (unpaired) electrons. The summed E-state index contributed by atoms with van der Waals surface area (Å²) in [5, 5.41) is 18.3. The van der Waals surface area contributed by atoms with E-state index in [-0.39, 0.29) is 19.4 Å². The predicted octanol–water partition coefficient (Wildman–Crippen LogP) is 9.89. The molecule has 0 bridgehead atoms. The third-order valence-electron chi connectivity index (χ3n) is 8.76. The number of esters is 2. The van der Waals surface area contributed by atoms with Gasteiger partial charge >= 0.3 is 19.8 Å². The first kappa shape index (κ1) is 48.0. The van der Waals surface area contributed by atoms with Crippen molar-refractivity contribution in [3.8, 4) is 0 Å². The maximum Gasteiger partial charge on any atom is 0.472 e. The molecule has 3 atom stereocenters. The van der Waals surface area contributed by atoms with Crippen molar-refractivity contribution in [2.75, 3.05) is 26.4 Å². The number of phosphoric ester groups is 1. The van der Waals surface area contributed by atoms with Gasteiger partial charge in [-0.1, -0.05) is 168 Å². The average molecular weight is 723 g/mol. The van der Waals surface area contributed by atoms with Crippen molar-refractivity contribution < 1.29 is 47.8 Å². The summed E-state index contributed by atoms with van der Waals surface area (Å²) in [5.74, 6) is -0.914. The zero-order chi connectivity index (χ0) is 36.3. The van der Waals surface area contributed by atoms with Gasteiger partial charge in [-0.15, -0.1) is 0 Å². The molecule has 0 aromatic carbocycles. The molecule has 0 aromatic rings. The van der Waals surface area contributed by atoms with Crippen LogP contribution in [-0.2, 0) is 32.7 Å². The lowest BCUT2D eigenvalue weighted by atomic mass is 10.0. The molecule has 292 valence electrons. The zero-order valence-electron chi connectivity index (χ0n) is 31.4. The Balaban J connectivity index is 4.28. The van der Waals surface area contributed by atoms with E-state index >= 15 is 0 Å². The van der Waals surface area contributed by atoms with Gasteiger partial charge in [0.15, 0.2) is 6.10 Å². The highest BCUT2D eigenvalue weighted by Crippen LogP contribution is 2.43. The normalized spacial score (nSPS) is 14.0. The molecule has 0 rings (SSSR count). The highest BCUT2D eigenvalue weighted by Gasteiger charge is 2.27. The molecule has 11 heteroatoms. The number of carbonyl (C=O) groups excluding carboxylic acids is 2. The molecule has 0 fully saturated rings. The molecule has 3 N–H and O–H groups in total. The third kappa shape index (κ3) is 35.2. The van der Waals surface area contributed by atoms with Crippen LogP contribution in [0.3, 0.4) is 0 Å². The van der Waals surface area contributed by atoms with E-state index in [1.165, 1.54) is 122 Å². The first-order valence-corrected chi connectivity index (χ1v) is 21.5. The van der Waals surface area contributed by atoms with Crippen molar-refractivity contribution in [2.45, 2.75) is 206 Å². The Bertz CT molecular complexity index is 796. The number of ether oxygens (including phenoxy) is 2. The summed E-state index contributed by atoms with van der Waals surface area (Å²) in [6, 6.07) is 0. The highest BCUT2D eigenvalue weighted by molar-refractivity contribution is 7.47. The summed E-state index contributed by atoms with van der Waals surface area (Å²) in [5.41, 5.74) is 0. The number of aliphatic hydroxyl groups is 2. The van der Waals surface area contributed by atoms with Gasteiger partial charge in [0.25, 0.3) is 0 Å². The number of carbonyl (C=O) groups is 2. The van der Waals surface area contributed by atoms with Crippen molar-refractivity contribution >= 4 is 19.8 Å². The summed E-state index contributed by atoms with van der Waals surface area (Å²) >= 11 is 0. The Morgan fingerprint density at radius 2 is 0.878 bits per heavy atom. The molecule has 0 aliphatic carbocycles. The zero-order valence-corrected chi connectivity index (χ0v) is 32.3. The summed E-state index contributed by atoms with van der Waals surface area (Å²) < 4.78 is 32.6. The van der Waals surface area contributed by atoms with Gasteiger partial charge in [-0.25, -0.2) is 4.57 Å². The topological polar surface area (TPSA) is 149 Å². The minimum atomic E-state index is -4.60. The van der Waals surface area contributed by atoms with Gasteiger partial charge in [0.1, 0.15) is 12.7 Å². The summed E-state index contributed by atoms with van der Waals surface area (Å²) in [6.45, 7) is 2.39. The molecule has 49 heavy (non-hydrogen) atoms. The second kappa shape index (κ2) is 35.4. The summed E-state index contributed by atoms with van der Waals surface area (Å²) in [7, 11) is -4.60. The first-order chi connectivity index (χ1) is 23.7. The van der Waals surface area contributed by atoms with Crippen molar-refractivity contribution in [1.29, 1.82) is 0 Å². The van der Waals surface area contributed by atoms with Gasteiger partial charge in [-0.3, -0.25) is 18.6 Å². The lowest BCUT2D eigenvalue weighted by molar-refractivity contribution is -0.161. The molecule has 0 saturated heterocycles. The monoisotopic (exact) mass is 723 g/mol. The van der Waals surface area contributed by atoms with Gasteiger partial charge in [-0.2, -0.15) is 0 Å². The van der Waals surface area contributed by atoms with E-state index in [4.69, 9.17) is 19.1 Å². The van der Waals surface area contributed by atoms with Gasteiger partial charge < -0.3 is 24.6 Å². The molecule has 0 spiro atoms. The van der Waals surface area contributed by atoms with Crippen molar-refractivity contribution in [3.05, 3.63) is 0 Å². The van der Waals surface area contributed by atoms with Crippen molar-refractivity contribution in [1.82, 2.24) is 0 Å². The molecule has 0 amide bonds. The van der Waals surface area contributed by atoms with E-state index < -0.39 is 51.8 Å². The quantitative estimate of drug-likeness (QED) is 0.0319. The second-order valence-electron chi connectivity index (χ2n) is 13.7. The summed E-state index contributed by atoms with van der Waals surface area (Å²) in [6.07, 6.45) is 29.3. The largest absolute Gasteiger partial charge is 0.472 e. The number of rotatable bonds is 38. The van der Waals surface area contributed by atoms with Crippen LogP contribution in [0, 0.1) is 0 Å². The molecule has 1 unspecified atom stereocenters. The van der Waals surface area contributed by atoms with E-state index in [1.807, 2.05) is 0 Å². The minimum Gasteiger partial charge on any atom is -0.462 e. The van der Waals surface area contributed by atoms with E-state index in [1.54, 1.807) is 0 Å². The highest BCUT2D eigenvalue weighted by atomic mass is 31.2. The van der Waals surface area contributed by atoms with E-state index in [2.05, 4.69) is 18.4 Å². The van der Waals surface area contributed by atoms with Crippen LogP contribution in [0.5, 0.6) is 0 Å². The number of aliphatic hydroxyl groups excluding tert-OH is 2. The molecule has 0 heterocycles. The van der Waals surface area contributed by atoms with E-state index in [0.29, 0.717) is 12.8 Å². The first-order valence-electron chi connectivity index (χ1n) is 20.0. The SMILES string of the molecule is CCCCCCCCCCCCCCCCCC(=O)OC[C@H](COP(=O)(O)OC[C@@H](O)CO)OC(=O)CCCCCCCCCCCCC. The van der Waals surface area contributed by atoms with Gasteiger partial charge in [0, 0.05) is 12.8 Å². The number of phosphoric acid groups is 1. The predicted molar refractivity (Wildman–Crippen MR) is 196 cm³/mol. The smallest absolute Gasteiger partial charge is 0.462 e. The van der Waals surface area contributed by atoms with E-state index in [9.17, 15) is 24.2 Å². The van der Waals surface area contributed by atoms with E-state index in [0.717, 1.165) is 32.1 Å². The van der Waals surface area contributed by atoms with Crippen LogP contribution >= 0.6 is 7.82 Å². The molecule has 0 aliphatic rings. The minimum absolute atomic E-state index is 0.191. The Kier molecular flexibility index (Phi) is 34.6. The lowest BCUT2D eigenvalue weighted by Gasteiger charge is -2.20. The van der Waals surface area contributed by atoms with Gasteiger partial charge in [0.2, 0.25) is 0 Å². The molecule has 0 aromatic heterocycles. The molecule has 0 saturated carbocycles. The standard InChI is InChI=1S/C38H75O10P/c1-3-5-7-9-11-13-15-16-17-18-20-21-23-25-27-29-37(41)45-33-36(34-47-49(43,44)46-32-35(40)31-39)48-38(42)30-28-26-24-22-19-14-12-10-8-6-4-2/h35-36,39-40H,3-34H2,1-2H3,(H,43,44)/t35-,36+/m0/s1. The van der Waals surface area contributed by atoms with Crippen LogP contribution in [0.2, 0.25) is 0 Å². The molecule has 10 nitrogen and oxygen atoms in total. The number of hydrogen-bond acceptors (Lipinski definition) is 9. The Morgan fingerprint density at radius 1 is 0.531 bits per heavy atom. The third-order valence-corrected chi connectivity index (χ3v) is 9.71. The Morgan fingerprint density at radius 3 is 1.27 bits per heavy atom. The van der Waals surface area contributed by atoms with Crippen LogP contribution in [0.25, 0.3) is 0 Å². The van der Waals surface area contributed by atoms with Crippen LogP contribution in [0.4, 0.5) is 0 Å². The van der Waals surface area contributed by atoms with Crippen LogP contribution in [0.1, 0.15) is 194 Å². The van der Waals surface area contributed by atoms with Crippen LogP contribution in [-0.4, -0.2) is 65.7 Å². The molecular formula is C38H75O10P. The van der Waals surface area contributed by atoms with Gasteiger partial charge in [-0.05, 0) is 12.8 Å². The summed E-state index contributed by atoms with van der Waals surface area (Å²) in [4.78, 5) is 34.8. The second-order valence-corrected chi connectivity index (χ2v) is 15.1. The molecule has 0 aliphatic heterocycles. The Hall–Kier alpha value is -1.03. The average Bonchev–Trinajstić information content (AvgIpc) is 3.09. The Labute approximate surface area is 299 Å². The fourth-order valence-corrected chi connectivity index (χ4v) is 6.43. The fourth-order valence-electron chi connectivity index (χ4n) is 5.64. The number of hydrogen-bond donors (Lipinski definition) is 3. The lowest BCUT2D eigenvalue weighted by Crippen LogP contribution is -2.29. The van der Waals surface area contributed by atoms with Crippen LogP contribution < -0.4 is 0 Å². The van der Waals surface area contributed by atoms with Gasteiger partial charge in [0.05, 0.1) is 19.8 Å². The maximum absolute atomic E-state index is 12.5. The van der Waals surface area contributed by atoms with Crippen LogP contribution in [0.15, 0.2) is 0 Å². The maximum atomic E-state index is 12.5. The van der Waals surface area contributed by atoms with Crippen molar-refractivity contribution in [3.63, 3.8) is 0 Å². The number of unbranched alkanes of at least 4 members (excludes halogenated alkanes) is 24. The molecular weight excluding hydrogens is 647 g/mol. The van der Waals surface area contributed by atoms with Crippen molar-refractivity contribution in [2.24, 2.45) is 0 Å². The fraction of sp³-hybridized carbons (Fsp3) is 0.947.